The topological polar surface area (TPSA) is 107 Å². The average Bonchev–Trinajstić information content (AvgIpc) is 2.59. The molecule has 1 rings (SSSR count). The molecule has 2 amide bonds. The predicted molar refractivity (Wildman–Crippen MR) is 57.1 cm³/mol. The van der Waals surface area contributed by atoms with E-state index in [9.17, 15) is 19.5 Å². The zero-order chi connectivity index (χ0) is 13.0. The maximum atomic E-state index is 11.7. The van der Waals surface area contributed by atoms with Crippen LogP contribution in [-0.2, 0) is 14.4 Å². The van der Waals surface area contributed by atoms with Gasteiger partial charge in [-0.05, 0) is 0 Å². The molecular weight excluding hydrogens is 228 g/mol. The summed E-state index contributed by atoms with van der Waals surface area (Å²) in [4.78, 5) is 34.3. The maximum absolute atomic E-state index is 11.7. The van der Waals surface area contributed by atoms with Gasteiger partial charge < -0.3 is 20.4 Å². The summed E-state index contributed by atoms with van der Waals surface area (Å²) in [6.45, 7) is 1.55. The summed E-state index contributed by atoms with van der Waals surface area (Å²) < 4.78 is 0. The van der Waals surface area contributed by atoms with Gasteiger partial charge in [-0.3, -0.25) is 9.59 Å². The van der Waals surface area contributed by atoms with Gasteiger partial charge in [0.2, 0.25) is 11.8 Å². The lowest BCUT2D eigenvalue weighted by atomic mass is 10.2. The minimum absolute atomic E-state index is 0.0376. The van der Waals surface area contributed by atoms with E-state index in [1.807, 2.05) is 0 Å². The maximum Gasteiger partial charge on any atom is 0.326 e. The first-order valence-corrected chi connectivity index (χ1v) is 5.36. The van der Waals surface area contributed by atoms with Gasteiger partial charge in [0, 0.05) is 32.9 Å². The van der Waals surface area contributed by atoms with Crippen molar-refractivity contribution in [2.24, 2.45) is 0 Å². The Kier molecular flexibility index (Phi) is 4.45. The third-order valence-corrected chi connectivity index (χ3v) is 2.60. The second-order valence-electron chi connectivity index (χ2n) is 4.02. The van der Waals surface area contributed by atoms with Crippen LogP contribution in [0.25, 0.3) is 0 Å². The number of amides is 2. The summed E-state index contributed by atoms with van der Waals surface area (Å²) in [5.41, 5.74) is 0. The molecule has 1 unspecified atom stereocenters. The van der Waals surface area contributed by atoms with Crippen molar-refractivity contribution in [2.75, 3.05) is 13.1 Å². The number of carbonyl (C=O) groups is 3. The fourth-order valence-electron chi connectivity index (χ4n) is 1.81. The van der Waals surface area contributed by atoms with Crippen LogP contribution in [-0.4, -0.2) is 58.1 Å². The lowest BCUT2D eigenvalue weighted by molar-refractivity contribution is -0.148. The van der Waals surface area contributed by atoms with Gasteiger partial charge >= 0.3 is 5.97 Å². The molecular formula is C10H16N2O5. The van der Waals surface area contributed by atoms with E-state index in [1.54, 1.807) is 0 Å². The Morgan fingerprint density at radius 1 is 1.41 bits per heavy atom. The van der Waals surface area contributed by atoms with Crippen LogP contribution in [0.5, 0.6) is 0 Å². The second-order valence-corrected chi connectivity index (χ2v) is 4.02. The molecule has 0 spiro atoms. The number of carboxylic acid groups (broad SMARTS) is 1. The number of hydrogen-bond donors (Lipinski definition) is 3. The number of β-amino-alcohol motifs (C(OH)–C–C–N with tert-alkyl or cyclic N) is 1. The van der Waals surface area contributed by atoms with Gasteiger partial charge in [0.25, 0.3) is 0 Å². The number of aliphatic hydroxyl groups is 1. The molecule has 2 atom stereocenters. The number of nitrogens with zero attached hydrogens (tertiary/aromatic N) is 1. The van der Waals surface area contributed by atoms with E-state index in [2.05, 4.69) is 5.32 Å². The Labute approximate surface area is 98.4 Å². The highest BCUT2D eigenvalue weighted by Gasteiger charge is 2.38. The number of aliphatic hydroxyl groups excluding tert-OH is 1. The summed E-state index contributed by atoms with van der Waals surface area (Å²) in [6, 6.07) is -0.963. The van der Waals surface area contributed by atoms with Gasteiger partial charge in [-0.25, -0.2) is 4.79 Å². The van der Waals surface area contributed by atoms with E-state index in [0.717, 1.165) is 4.90 Å². The van der Waals surface area contributed by atoms with Gasteiger partial charge in [-0.2, -0.15) is 0 Å². The van der Waals surface area contributed by atoms with E-state index >= 15 is 0 Å². The molecule has 3 N–H and O–H groups in total. The standard InChI is InChI=1S/C10H16N2O5/c1-6(13)11-3-2-9(15)12-5-7(14)4-8(12)10(16)17/h7-8,14H,2-5H2,1H3,(H,11,13)(H,16,17)/t7?,8-/m0/s1. The van der Waals surface area contributed by atoms with Crippen LogP contribution in [0.15, 0.2) is 0 Å². The summed E-state index contributed by atoms with van der Waals surface area (Å²) in [5, 5.41) is 20.7. The predicted octanol–water partition coefficient (Wildman–Crippen LogP) is -1.44. The summed E-state index contributed by atoms with van der Waals surface area (Å²) in [7, 11) is 0. The lowest BCUT2D eigenvalue weighted by Gasteiger charge is -2.21. The van der Waals surface area contributed by atoms with Crippen molar-refractivity contribution in [1.82, 2.24) is 10.2 Å². The Morgan fingerprint density at radius 2 is 2.06 bits per heavy atom. The number of aliphatic carboxylic acids is 1. The third-order valence-electron chi connectivity index (χ3n) is 2.60. The van der Waals surface area contributed by atoms with Gasteiger partial charge in [0.15, 0.2) is 0 Å². The van der Waals surface area contributed by atoms with Crippen LogP contribution in [0.4, 0.5) is 0 Å². The van der Waals surface area contributed by atoms with Crippen molar-refractivity contribution in [1.29, 1.82) is 0 Å². The van der Waals surface area contributed by atoms with Gasteiger partial charge in [-0.15, -0.1) is 0 Å². The zero-order valence-corrected chi connectivity index (χ0v) is 9.55. The molecule has 7 nitrogen and oxygen atoms in total. The van der Waals surface area contributed by atoms with E-state index in [1.165, 1.54) is 6.92 Å². The fraction of sp³-hybridized carbons (Fsp3) is 0.700. The van der Waals surface area contributed by atoms with Crippen molar-refractivity contribution in [3.8, 4) is 0 Å². The molecule has 1 aliphatic heterocycles. The first-order valence-electron chi connectivity index (χ1n) is 5.36. The number of likely N-dealkylation sites (tertiary alicyclic amines) is 1. The Morgan fingerprint density at radius 3 is 2.59 bits per heavy atom. The van der Waals surface area contributed by atoms with Gasteiger partial charge in [0.1, 0.15) is 6.04 Å². The average molecular weight is 244 g/mol. The van der Waals surface area contributed by atoms with Crippen LogP contribution in [0.1, 0.15) is 19.8 Å². The molecule has 96 valence electrons. The molecule has 1 saturated heterocycles. The Hall–Kier alpha value is -1.63. The highest BCUT2D eigenvalue weighted by molar-refractivity contribution is 5.85. The summed E-state index contributed by atoms with van der Waals surface area (Å²) >= 11 is 0. The molecule has 7 heteroatoms. The van der Waals surface area contributed by atoms with Crippen LogP contribution in [0.2, 0.25) is 0 Å². The molecule has 17 heavy (non-hydrogen) atoms. The molecule has 1 heterocycles. The number of carbonyl (C=O) groups excluding carboxylic acids is 2. The summed E-state index contributed by atoms with van der Waals surface area (Å²) in [6.07, 6.45) is -0.696. The third kappa shape index (κ3) is 3.70. The molecule has 0 aliphatic carbocycles. The normalized spacial score (nSPS) is 23.5. The number of nitrogens with one attached hydrogen (secondary N) is 1. The van der Waals surface area contributed by atoms with Crippen LogP contribution < -0.4 is 5.32 Å². The molecule has 0 radical (unpaired) electrons. The van der Waals surface area contributed by atoms with E-state index in [0.29, 0.717) is 0 Å². The first kappa shape index (κ1) is 13.4. The minimum atomic E-state index is -1.12. The second kappa shape index (κ2) is 5.62. The molecule has 0 saturated carbocycles. The van der Waals surface area contributed by atoms with E-state index < -0.39 is 18.1 Å². The highest BCUT2D eigenvalue weighted by Crippen LogP contribution is 2.18. The molecule has 0 aromatic heterocycles. The smallest absolute Gasteiger partial charge is 0.326 e. The number of hydrogen-bond acceptors (Lipinski definition) is 4. The zero-order valence-electron chi connectivity index (χ0n) is 9.55. The van der Waals surface area contributed by atoms with Gasteiger partial charge in [0.05, 0.1) is 6.10 Å². The molecule has 0 bridgehead atoms. The lowest BCUT2D eigenvalue weighted by Crippen LogP contribution is -2.41. The molecule has 1 fully saturated rings. The van der Waals surface area contributed by atoms with Crippen LogP contribution in [0, 0.1) is 0 Å². The van der Waals surface area contributed by atoms with Gasteiger partial charge in [-0.1, -0.05) is 0 Å². The van der Waals surface area contributed by atoms with Crippen molar-refractivity contribution in [3.63, 3.8) is 0 Å². The van der Waals surface area contributed by atoms with Crippen LogP contribution >= 0.6 is 0 Å². The summed E-state index contributed by atoms with van der Waals surface area (Å²) in [5.74, 6) is -1.73. The van der Waals surface area contributed by atoms with Crippen molar-refractivity contribution in [3.05, 3.63) is 0 Å². The van der Waals surface area contributed by atoms with Crippen LogP contribution in [0.3, 0.4) is 0 Å². The Balaban J connectivity index is 2.49. The first-order chi connectivity index (χ1) is 7.91. The highest BCUT2D eigenvalue weighted by atomic mass is 16.4. The molecule has 0 aromatic rings. The minimum Gasteiger partial charge on any atom is -0.480 e. The number of carboxylic acids is 1. The van der Waals surface area contributed by atoms with E-state index in [-0.39, 0.29) is 37.7 Å². The quantitative estimate of drug-likeness (QED) is 0.561. The van der Waals surface area contributed by atoms with Crippen molar-refractivity contribution < 1.29 is 24.6 Å². The molecule has 1 aliphatic rings. The fourth-order valence-corrected chi connectivity index (χ4v) is 1.81. The Bertz CT molecular complexity index is 331. The van der Waals surface area contributed by atoms with E-state index in [4.69, 9.17) is 5.11 Å². The van der Waals surface area contributed by atoms with Crippen molar-refractivity contribution >= 4 is 17.8 Å². The molecule has 0 aromatic carbocycles. The number of rotatable bonds is 4. The van der Waals surface area contributed by atoms with Crippen molar-refractivity contribution in [2.45, 2.75) is 31.9 Å². The monoisotopic (exact) mass is 244 g/mol. The SMILES string of the molecule is CC(=O)NCCC(=O)N1CC(O)C[C@H]1C(=O)O. The largest absolute Gasteiger partial charge is 0.480 e.